The fourth-order valence-electron chi connectivity index (χ4n) is 3.57. The molecular formula is C33H50O14S. The Kier molecular flexibility index (Phi) is 25.5. The molecule has 0 unspecified atom stereocenters. The number of hydrogen-bond donors (Lipinski definition) is 0. The van der Waals surface area contributed by atoms with Crippen molar-refractivity contribution in [2.75, 3.05) is 132 Å². The van der Waals surface area contributed by atoms with Crippen molar-refractivity contribution < 1.29 is 64.8 Å². The minimum atomic E-state index is -3.76. The first-order valence-corrected chi connectivity index (χ1v) is 17.4. The lowest BCUT2D eigenvalue weighted by molar-refractivity contribution is -0.0262. The zero-order valence-electron chi connectivity index (χ0n) is 27.5. The molecule has 48 heavy (non-hydrogen) atoms. The first-order chi connectivity index (χ1) is 23.6. The van der Waals surface area contributed by atoms with Gasteiger partial charge in [0.1, 0.15) is 6.61 Å². The molecule has 2 rings (SSSR count). The molecule has 0 aliphatic carbocycles. The zero-order valence-corrected chi connectivity index (χ0v) is 28.4. The Morgan fingerprint density at radius 1 is 0.396 bits per heavy atom. The number of esters is 1. The monoisotopic (exact) mass is 702 g/mol. The van der Waals surface area contributed by atoms with Gasteiger partial charge in [-0.15, -0.1) is 0 Å². The van der Waals surface area contributed by atoms with E-state index < -0.39 is 10.1 Å². The number of rotatable bonds is 33. The SMILES string of the molecule is O=C(OCCOCCOCCOCCOCCOCCOCCOCCOCCOCCOS(=O)(=O)c1ccccc1)c1ccccc1. The van der Waals surface area contributed by atoms with E-state index in [2.05, 4.69) is 0 Å². The molecule has 14 nitrogen and oxygen atoms in total. The first kappa shape index (κ1) is 41.6. The van der Waals surface area contributed by atoms with Crippen LogP contribution in [-0.4, -0.2) is 147 Å². The van der Waals surface area contributed by atoms with Crippen molar-refractivity contribution in [2.24, 2.45) is 0 Å². The third-order valence-electron chi connectivity index (χ3n) is 5.94. The van der Waals surface area contributed by atoms with Crippen molar-refractivity contribution >= 4 is 16.1 Å². The maximum absolute atomic E-state index is 12.0. The van der Waals surface area contributed by atoms with E-state index in [0.717, 1.165) is 0 Å². The summed E-state index contributed by atoms with van der Waals surface area (Å²) in [5.41, 5.74) is 0.518. The Bertz CT molecular complexity index is 1120. The van der Waals surface area contributed by atoms with E-state index in [9.17, 15) is 13.2 Å². The lowest BCUT2D eigenvalue weighted by Gasteiger charge is -2.09. The van der Waals surface area contributed by atoms with Crippen molar-refractivity contribution in [1.29, 1.82) is 0 Å². The van der Waals surface area contributed by atoms with Crippen molar-refractivity contribution in [3.05, 3.63) is 66.2 Å². The summed E-state index contributed by atoms with van der Waals surface area (Å²) < 4.78 is 82.8. The predicted molar refractivity (Wildman–Crippen MR) is 174 cm³/mol. The van der Waals surface area contributed by atoms with Crippen molar-refractivity contribution in [3.63, 3.8) is 0 Å². The van der Waals surface area contributed by atoms with E-state index in [0.29, 0.717) is 118 Å². The summed E-state index contributed by atoms with van der Waals surface area (Å²) in [4.78, 5) is 11.9. The van der Waals surface area contributed by atoms with Gasteiger partial charge in [0.05, 0.1) is 136 Å². The minimum Gasteiger partial charge on any atom is -0.460 e. The van der Waals surface area contributed by atoms with Gasteiger partial charge in [-0.3, -0.25) is 4.18 Å². The molecule has 0 radical (unpaired) electrons. The van der Waals surface area contributed by atoms with Crippen LogP contribution in [0.2, 0.25) is 0 Å². The van der Waals surface area contributed by atoms with Crippen LogP contribution in [0.1, 0.15) is 10.4 Å². The standard InChI is InChI=1S/C33H50O14S/c34-33(31-7-3-1-4-8-31)46-29-27-44-25-23-42-21-19-40-17-15-38-13-11-37-12-14-39-16-18-41-20-22-43-24-26-45-28-30-47-48(35,36)32-9-5-2-6-10-32/h1-10H,11-30H2. The van der Waals surface area contributed by atoms with Gasteiger partial charge in [0, 0.05) is 0 Å². The highest BCUT2D eigenvalue weighted by Gasteiger charge is 2.13. The fraction of sp³-hybridized carbons (Fsp3) is 0.606. The van der Waals surface area contributed by atoms with Crippen LogP contribution in [0.4, 0.5) is 0 Å². The van der Waals surface area contributed by atoms with Crippen LogP contribution in [-0.2, 0) is 61.7 Å². The molecule has 15 heteroatoms. The van der Waals surface area contributed by atoms with Crippen molar-refractivity contribution in [2.45, 2.75) is 4.90 Å². The average Bonchev–Trinajstić information content (AvgIpc) is 3.11. The summed E-state index contributed by atoms with van der Waals surface area (Å²) in [7, 11) is -3.76. The third kappa shape index (κ3) is 22.9. The van der Waals surface area contributed by atoms with Crippen LogP contribution < -0.4 is 0 Å². The van der Waals surface area contributed by atoms with Crippen LogP contribution in [0.15, 0.2) is 65.6 Å². The summed E-state index contributed by atoms with van der Waals surface area (Å²) in [5, 5.41) is 0. The molecule has 272 valence electrons. The Labute approximate surface area is 283 Å². The molecule has 2 aromatic carbocycles. The van der Waals surface area contributed by atoms with Gasteiger partial charge < -0.3 is 47.4 Å². The number of benzene rings is 2. The number of hydrogen-bond acceptors (Lipinski definition) is 14. The van der Waals surface area contributed by atoms with Gasteiger partial charge in [0.2, 0.25) is 0 Å². The molecule has 0 aromatic heterocycles. The highest BCUT2D eigenvalue weighted by atomic mass is 32.2. The topological polar surface area (TPSA) is 153 Å². The average molecular weight is 703 g/mol. The van der Waals surface area contributed by atoms with Gasteiger partial charge in [-0.05, 0) is 24.3 Å². The van der Waals surface area contributed by atoms with E-state index in [-0.39, 0.29) is 30.7 Å². The number of carbonyl (C=O) groups excluding carboxylic acids is 1. The Balaban J connectivity index is 1.18. The first-order valence-electron chi connectivity index (χ1n) is 16.0. The quantitative estimate of drug-likeness (QED) is 0.0608. The van der Waals surface area contributed by atoms with Crippen LogP contribution in [0.3, 0.4) is 0 Å². The van der Waals surface area contributed by atoms with Crippen LogP contribution in [0, 0.1) is 0 Å². The predicted octanol–water partition coefficient (Wildman–Crippen LogP) is 2.40. The molecular weight excluding hydrogens is 652 g/mol. The third-order valence-corrected chi connectivity index (χ3v) is 7.27. The summed E-state index contributed by atoms with van der Waals surface area (Å²) in [5.74, 6) is -0.364. The molecule has 0 aliphatic rings. The largest absolute Gasteiger partial charge is 0.460 e. The molecule has 0 saturated carbocycles. The van der Waals surface area contributed by atoms with E-state index in [1.165, 1.54) is 12.1 Å². The second kappa shape index (κ2) is 29.4. The molecule has 0 fully saturated rings. The summed E-state index contributed by atoms with van der Waals surface area (Å²) in [6.07, 6.45) is 0. The molecule has 0 N–H and O–H groups in total. The molecule has 0 atom stereocenters. The molecule has 0 heterocycles. The highest BCUT2D eigenvalue weighted by molar-refractivity contribution is 7.86. The smallest absolute Gasteiger partial charge is 0.338 e. The minimum absolute atomic E-state index is 0.0634. The van der Waals surface area contributed by atoms with Crippen LogP contribution in [0.25, 0.3) is 0 Å². The Morgan fingerprint density at radius 3 is 1.04 bits per heavy atom. The van der Waals surface area contributed by atoms with Gasteiger partial charge in [-0.1, -0.05) is 36.4 Å². The van der Waals surface area contributed by atoms with Crippen LogP contribution >= 0.6 is 0 Å². The maximum atomic E-state index is 12.0. The van der Waals surface area contributed by atoms with Gasteiger partial charge >= 0.3 is 5.97 Å². The lowest BCUT2D eigenvalue weighted by atomic mass is 10.2. The van der Waals surface area contributed by atoms with Gasteiger partial charge in [-0.2, -0.15) is 8.42 Å². The normalized spacial score (nSPS) is 11.6. The summed E-state index contributed by atoms with van der Waals surface area (Å²) in [6.45, 7) is 7.57. The van der Waals surface area contributed by atoms with E-state index >= 15 is 0 Å². The summed E-state index contributed by atoms with van der Waals surface area (Å²) >= 11 is 0. The number of carbonyl (C=O) groups is 1. The summed E-state index contributed by atoms with van der Waals surface area (Å²) in [6, 6.07) is 16.8. The molecule has 0 spiro atoms. The molecule has 0 amide bonds. The van der Waals surface area contributed by atoms with E-state index in [1.54, 1.807) is 42.5 Å². The fourth-order valence-corrected chi connectivity index (χ4v) is 4.48. The van der Waals surface area contributed by atoms with Gasteiger partial charge in [0.15, 0.2) is 0 Å². The van der Waals surface area contributed by atoms with Gasteiger partial charge in [0.25, 0.3) is 10.1 Å². The second-order valence-electron chi connectivity index (χ2n) is 9.60. The Morgan fingerprint density at radius 2 is 0.688 bits per heavy atom. The Hall–Kier alpha value is -2.54. The lowest BCUT2D eigenvalue weighted by Crippen LogP contribution is -2.16. The van der Waals surface area contributed by atoms with E-state index in [4.69, 9.17) is 51.6 Å². The molecule has 2 aromatic rings. The molecule has 0 bridgehead atoms. The van der Waals surface area contributed by atoms with Gasteiger partial charge in [-0.25, -0.2) is 4.79 Å². The highest BCUT2D eigenvalue weighted by Crippen LogP contribution is 2.10. The second-order valence-corrected chi connectivity index (χ2v) is 11.2. The van der Waals surface area contributed by atoms with Crippen molar-refractivity contribution in [3.8, 4) is 0 Å². The zero-order chi connectivity index (χ0) is 34.2. The molecule has 0 saturated heterocycles. The van der Waals surface area contributed by atoms with Crippen LogP contribution in [0.5, 0.6) is 0 Å². The van der Waals surface area contributed by atoms with E-state index in [1.807, 2.05) is 6.07 Å². The van der Waals surface area contributed by atoms with Crippen molar-refractivity contribution in [1.82, 2.24) is 0 Å². The number of ether oxygens (including phenoxy) is 10. The molecule has 0 aliphatic heterocycles. The maximum Gasteiger partial charge on any atom is 0.338 e.